The van der Waals surface area contributed by atoms with Gasteiger partial charge in [-0.2, -0.15) is 4.98 Å². The van der Waals surface area contributed by atoms with E-state index in [2.05, 4.69) is 20.5 Å². The van der Waals surface area contributed by atoms with E-state index >= 15 is 0 Å². The number of aldehydes is 1. The van der Waals surface area contributed by atoms with E-state index in [1.54, 1.807) is 0 Å². The van der Waals surface area contributed by atoms with E-state index in [0.29, 0.717) is 12.2 Å². The van der Waals surface area contributed by atoms with Gasteiger partial charge in [0.05, 0.1) is 0 Å². The third-order valence-corrected chi connectivity index (χ3v) is 1.03. The van der Waals surface area contributed by atoms with Gasteiger partial charge in [-0.3, -0.25) is 9.89 Å². The van der Waals surface area contributed by atoms with Gasteiger partial charge in [0.25, 0.3) is 0 Å². The molecule has 0 amide bonds. The summed E-state index contributed by atoms with van der Waals surface area (Å²) in [6.07, 6.45) is 0.624. The number of nitrogens with one attached hydrogen (secondary N) is 2. The van der Waals surface area contributed by atoms with Crippen LogP contribution < -0.4 is 5.32 Å². The van der Waals surface area contributed by atoms with Crippen LogP contribution in [-0.4, -0.2) is 27.5 Å². The van der Waals surface area contributed by atoms with E-state index in [-0.39, 0.29) is 11.9 Å². The molecule has 0 unspecified atom stereocenters. The van der Waals surface area contributed by atoms with E-state index in [1.807, 2.05) is 13.8 Å². The summed E-state index contributed by atoms with van der Waals surface area (Å²) in [5.74, 6) is 0.704. The largest absolute Gasteiger partial charge is 0.351 e. The lowest BCUT2D eigenvalue weighted by Gasteiger charge is -2.02. The lowest BCUT2D eigenvalue weighted by molar-refractivity contribution is 0.111. The molecule has 1 aromatic rings. The van der Waals surface area contributed by atoms with Gasteiger partial charge in [0.2, 0.25) is 5.95 Å². The Bertz CT molecular complexity index is 242. The van der Waals surface area contributed by atoms with Crippen molar-refractivity contribution >= 4 is 12.2 Å². The van der Waals surface area contributed by atoms with Gasteiger partial charge >= 0.3 is 0 Å². The Kier molecular flexibility index (Phi) is 2.20. The van der Waals surface area contributed by atoms with E-state index in [1.165, 1.54) is 0 Å². The topological polar surface area (TPSA) is 70.7 Å². The lowest BCUT2D eigenvalue weighted by Crippen LogP contribution is -2.10. The second-order valence-corrected chi connectivity index (χ2v) is 2.46. The van der Waals surface area contributed by atoms with Crippen LogP contribution in [0, 0.1) is 0 Å². The van der Waals surface area contributed by atoms with Gasteiger partial charge in [-0.15, -0.1) is 5.10 Å². The molecule has 0 aliphatic heterocycles. The molecule has 60 valence electrons. The monoisotopic (exact) mass is 154 g/mol. The van der Waals surface area contributed by atoms with Crippen LogP contribution in [0.4, 0.5) is 5.95 Å². The molecule has 0 saturated carbocycles. The van der Waals surface area contributed by atoms with Gasteiger partial charge in [0.15, 0.2) is 12.1 Å². The maximum Gasteiger partial charge on any atom is 0.242 e. The van der Waals surface area contributed by atoms with Gasteiger partial charge in [-0.1, -0.05) is 0 Å². The SMILES string of the molecule is CC(C)Nc1n[nH]c(C=O)n1. The molecular formula is C6H10N4O. The zero-order chi connectivity index (χ0) is 8.27. The number of H-pyrrole nitrogens is 1. The quantitative estimate of drug-likeness (QED) is 0.619. The second-order valence-electron chi connectivity index (χ2n) is 2.46. The van der Waals surface area contributed by atoms with Crippen LogP contribution in [0.15, 0.2) is 0 Å². The van der Waals surface area contributed by atoms with Crippen LogP contribution in [0.2, 0.25) is 0 Å². The predicted octanol–water partition coefficient (Wildman–Crippen LogP) is 0.437. The molecule has 0 saturated heterocycles. The first kappa shape index (κ1) is 7.71. The number of carbonyl (C=O) groups excluding carboxylic acids is 1. The number of anilines is 1. The van der Waals surface area contributed by atoms with Crippen molar-refractivity contribution in [2.45, 2.75) is 19.9 Å². The number of aromatic amines is 1. The number of aromatic nitrogens is 3. The minimum Gasteiger partial charge on any atom is -0.351 e. The number of hydrogen-bond acceptors (Lipinski definition) is 4. The lowest BCUT2D eigenvalue weighted by atomic mass is 10.4. The fraction of sp³-hybridized carbons (Fsp3) is 0.500. The standard InChI is InChI=1S/C6H10N4O/c1-4(2)7-6-8-5(3-11)9-10-6/h3-4H,1-2H3,(H2,7,8,9,10). The van der Waals surface area contributed by atoms with Crippen LogP contribution >= 0.6 is 0 Å². The van der Waals surface area contributed by atoms with Crippen molar-refractivity contribution in [1.82, 2.24) is 15.2 Å². The maximum absolute atomic E-state index is 10.1. The van der Waals surface area contributed by atoms with E-state index in [0.717, 1.165) is 0 Å². The third kappa shape index (κ3) is 2.03. The van der Waals surface area contributed by atoms with E-state index in [9.17, 15) is 4.79 Å². The van der Waals surface area contributed by atoms with Gasteiger partial charge < -0.3 is 5.32 Å². The number of hydrogen-bond donors (Lipinski definition) is 2. The molecular weight excluding hydrogens is 144 g/mol. The van der Waals surface area contributed by atoms with Crippen molar-refractivity contribution in [3.63, 3.8) is 0 Å². The molecule has 1 aromatic heterocycles. The zero-order valence-electron chi connectivity index (χ0n) is 6.46. The summed E-state index contributed by atoms with van der Waals surface area (Å²) < 4.78 is 0. The Morgan fingerprint density at radius 1 is 1.64 bits per heavy atom. The van der Waals surface area contributed by atoms with Crippen molar-refractivity contribution < 1.29 is 4.79 Å². The highest BCUT2D eigenvalue weighted by Gasteiger charge is 2.01. The summed E-state index contributed by atoms with van der Waals surface area (Å²) in [5, 5.41) is 9.16. The Balaban J connectivity index is 2.65. The molecule has 0 bridgehead atoms. The molecule has 0 aliphatic rings. The fourth-order valence-electron chi connectivity index (χ4n) is 0.650. The van der Waals surface area contributed by atoms with Crippen molar-refractivity contribution in [3.8, 4) is 0 Å². The second kappa shape index (κ2) is 3.14. The Hall–Kier alpha value is -1.39. The number of nitrogens with zero attached hydrogens (tertiary/aromatic N) is 2. The molecule has 0 aliphatic carbocycles. The van der Waals surface area contributed by atoms with Crippen molar-refractivity contribution in [1.29, 1.82) is 0 Å². The first-order valence-corrected chi connectivity index (χ1v) is 3.36. The first-order valence-electron chi connectivity index (χ1n) is 3.36. The summed E-state index contributed by atoms with van der Waals surface area (Å²) in [6.45, 7) is 3.94. The minimum atomic E-state index is 0.244. The highest BCUT2D eigenvalue weighted by atomic mass is 16.1. The van der Waals surface area contributed by atoms with E-state index < -0.39 is 0 Å². The fourth-order valence-corrected chi connectivity index (χ4v) is 0.650. The van der Waals surface area contributed by atoms with Crippen molar-refractivity contribution in [2.24, 2.45) is 0 Å². The zero-order valence-corrected chi connectivity index (χ0v) is 6.46. The van der Waals surface area contributed by atoms with Crippen molar-refractivity contribution in [3.05, 3.63) is 5.82 Å². The summed E-state index contributed by atoms with van der Waals surface area (Å²) in [7, 11) is 0. The van der Waals surface area contributed by atoms with Gasteiger partial charge in [-0.25, -0.2) is 0 Å². The molecule has 0 aromatic carbocycles. The smallest absolute Gasteiger partial charge is 0.242 e. The minimum absolute atomic E-state index is 0.244. The van der Waals surface area contributed by atoms with Crippen LogP contribution in [0.3, 0.4) is 0 Å². The Morgan fingerprint density at radius 3 is 2.82 bits per heavy atom. The third-order valence-electron chi connectivity index (χ3n) is 1.03. The van der Waals surface area contributed by atoms with Gasteiger partial charge in [0.1, 0.15) is 0 Å². The normalized spacial score (nSPS) is 10.1. The van der Waals surface area contributed by atoms with E-state index in [4.69, 9.17) is 0 Å². The van der Waals surface area contributed by atoms with Gasteiger partial charge in [-0.05, 0) is 13.8 Å². The molecule has 11 heavy (non-hydrogen) atoms. The highest BCUT2D eigenvalue weighted by molar-refractivity contribution is 5.69. The summed E-state index contributed by atoms with van der Waals surface area (Å²) in [5.41, 5.74) is 0. The van der Waals surface area contributed by atoms with Crippen LogP contribution in [0.25, 0.3) is 0 Å². The Morgan fingerprint density at radius 2 is 2.36 bits per heavy atom. The average Bonchev–Trinajstić information content (AvgIpc) is 2.34. The summed E-state index contributed by atoms with van der Waals surface area (Å²) in [6, 6.07) is 0.269. The van der Waals surface area contributed by atoms with Crippen LogP contribution in [-0.2, 0) is 0 Å². The highest BCUT2D eigenvalue weighted by Crippen LogP contribution is 1.97. The summed E-state index contributed by atoms with van der Waals surface area (Å²) >= 11 is 0. The summed E-state index contributed by atoms with van der Waals surface area (Å²) in [4.78, 5) is 14.0. The number of rotatable bonds is 3. The predicted molar refractivity (Wildman–Crippen MR) is 40.5 cm³/mol. The molecule has 1 rings (SSSR count). The maximum atomic E-state index is 10.1. The number of carbonyl (C=O) groups is 1. The van der Waals surface area contributed by atoms with Crippen LogP contribution in [0.1, 0.15) is 24.5 Å². The Labute approximate surface area is 64.2 Å². The molecule has 5 nitrogen and oxygen atoms in total. The molecule has 2 N–H and O–H groups in total. The molecule has 1 heterocycles. The van der Waals surface area contributed by atoms with Crippen molar-refractivity contribution in [2.75, 3.05) is 5.32 Å². The molecule has 0 spiro atoms. The van der Waals surface area contributed by atoms with Crippen LogP contribution in [0.5, 0.6) is 0 Å². The van der Waals surface area contributed by atoms with Gasteiger partial charge in [0, 0.05) is 6.04 Å². The molecule has 0 radical (unpaired) electrons. The average molecular weight is 154 g/mol. The molecule has 5 heteroatoms. The molecule has 0 fully saturated rings. The first-order chi connectivity index (χ1) is 5.22. The molecule has 0 atom stereocenters.